The standard InChI is InChI=1S/C15H22N4O/c1-9-7-17-14(10(2)15(9)20-5)6-13(16)12-8-19(4)18-11(12)3/h7-8,13H,6,16H2,1-5H3. The van der Waals surface area contributed by atoms with Gasteiger partial charge in [-0.3, -0.25) is 9.67 Å². The van der Waals surface area contributed by atoms with Gasteiger partial charge in [-0.2, -0.15) is 5.10 Å². The maximum absolute atomic E-state index is 6.31. The SMILES string of the molecule is COc1c(C)cnc(CC(N)c2cn(C)nc2C)c1C. The van der Waals surface area contributed by atoms with Gasteiger partial charge in [0.15, 0.2) is 0 Å². The summed E-state index contributed by atoms with van der Waals surface area (Å²) in [5.74, 6) is 0.894. The quantitative estimate of drug-likeness (QED) is 0.926. The molecule has 0 radical (unpaired) electrons. The second-order valence-electron chi connectivity index (χ2n) is 5.20. The molecule has 0 aliphatic carbocycles. The number of hydrogen-bond acceptors (Lipinski definition) is 4. The summed E-state index contributed by atoms with van der Waals surface area (Å²) < 4.78 is 7.23. The van der Waals surface area contributed by atoms with Gasteiger partial charge in [-0.15, -0.1) is 0 Å². The lowest BCUT2D eigenvalue weighted by Crippen LogP contribution is -2.16. The minimum Gasteiger partial charge on any atom is -0.496 e. The number of hydrogen-bond donors (Lipinski definition) is 1. The fourth-order valence-electron chi connectivity index (χ4n) is 2.58. The fraction of sp³-hybridized carbons (Fsp3) is 0.467. The second-order valence-corrected chi connectivity index (χ2v) is 5.20. The van der Waals surface area contributed by atoms with E-state index in [0.29, 0.717) is 6.42 Å². The van der Waals surface area contributed by atoms with Gasteiger partial charge in [-0.25, -0.2) is 0 Å². The number of nitrogens with two attached hydrogens (primary N) is 1. The molecule has 2 heterocycles. The highest BCUT2D eigenvalue weighted by Crippen LogP contribution is 2.27. The van der Waals surface area contributed by atoms with E-state index in [-0.39, 0.29) is 6.04 Å². The number of rotatable bonds is 4. The molecule has 0 aliphatic heterocycles. The summed E-state index contributed by atoms with van der Waals surface area (Å²) in [4.78, 5) is 4.50. The zero-order chi connectivity index (χ0) is 14.9. The van der Waals surface area contributed by atoms with Crippen LogP contribution in [0, 0.1) is 20.8 Å². The third-order valence-corrected chi connectivity index (χ3v) is 3.61. The van der Waals surface area contributed by atoms with Crippen LogP contribution in [-0.4, -0.2) is 21.9 Å². The average Bonchev–Trinajstić information content (AvgIpc) is 2.73. The molecule has 0 fully saturated rings. The minimum absolute atomic E-state index is 0.109. The van der Waals surface area contributed by atoms with E-state index < -0.39 is 0 Å². The molecule has 5 nitrogen and oxygen atoms in total. The second kappa shape index (κ2) is 5.63. The van der Waals surface area contributed by atoms with Crippen LogP contribution in [0.3, 0.4) is 0 Å². The molecule has 2 aromatic heterocycles. The van der Waals surface area contributed by atoms with Gasteiger partial charge in [0.05, 0.1) is 12.8 Å². The molecule has 2 rings (SSSR count). The first-order valence-corrected chi connectivity index (χ1v) is 6.68. The van der Waals surface area contributed by atoms with Crippen LogP contribution in [0.4, 0.5) is 0 Å². The Morgan fingerprint density at radius 2 is 2.05 bits per heavy atom. The molecular weight excluding hydrogens is 252 g/mol. The van der Waals surface area contributed by atoms with Crippen LogP contribution in [0.1, 0.15) is 34.1 Å². The van der Waals surface area contributed by atoms with E-state index in [9.17, 15) is 0 Å². The van der Waals surface area contributed by atoms with Crippen molar-refractivity contribution in [1.29, 1.82) is 0 Å². The van der Waals surface area contributed by atoms with Crippen LogP contribution < -0.4 is 10.5 Å². The van der Waals surface area contributed by atoms with E-state index in [4.69, 9.17) is 10.5 Å². The molecule has 0 bridgehead atoms. The van der Waals surface area contributed by atoms with Gasteiger partial charge in [-0.05, 0) is 20.8 Å². The topological polar surface area (TPSA) is 66.0 Å². The van der Waals surface area contributed by atoms with E-state index in [1.165, 1.54) is 0 Å². The van der Waals surface area contributed by atoms with Crippen molar-refractivity contribution < 1.29 is 4.74 Å². The summed E-state index contributed by atoms with van der Waals surface area (Å²) in [5.41, 5.74) is 11.4. The first-order chi connectivity index (χ1) is 9.43. The fourth-order valence-corrected chi connectivity index (χ4v) is 2.58. The average molecular weight is 274 g/mol. The predicted octanol–water partition coefficient (Wildman–Crippen LogP) is 1.99. The lowest BCUT2D eigenvalue weighted by Gasteiger charge is -2.15. The van der Waals surface area contributed by atoms with Crippen molar-refractivity contribution in [3.8, 4) is 5.75 Å². The highest BCUT2D eigenvalue weighted by atomic mass is 16.5. The number of aromatic nitrogens is 3. The smallest absolute Gasteiger partial charge is 0.128 e. The minimum atomic E-state index is -0.109. The summed E-state index contributed by atoms with van der Waals surface area (Å²) in [6, 6.07) is -0.109. The van der Waals surface area contributed by atoms with Gasteiger partial charge in [0.2, 0.25) is 0 Å². The third kappa shape index (κ3) is 2.67. The summed E-state index contributed by atoms with van der Waals surface area (Å²) in [6.45, 7) is 6.00. The zero-order valence-electron chi connectivity index (χ0n) is 12.8. The van der Waals surface area contributed by atoms with Crippen molar-refractivity contribution in [3.05, 3.63) is 40.5 Å². The number of methoxy groups -OCH3 is 1. The number of ether oxygens (including phenoxy) is 1. The molecule has 0 saturated heterocycles. The molecule has 108 valence electrons. The Labute approximate surface area is 119 Å². The van der Waals surface area contributed by atoms with Crippen molar-refractivity contribution in [2.45, 2.75) is 33.2 Å². The van der Waals surface area contributed by atoms with Crippen LogP contribution in [0.15, 0.2) is 12.4 Å². The molecular formula is C15H22N4O. The normalized spacial score (nSPS) is 12.5. The highest BCUT2D eigenvalue weighted by molar-refractivity contribution is 5.41. The molecule has 1 unspecified atom stereocenters. The first kappa shape index (κ1) is 14.5. The maximum atomic E-state index is 6.31. The zero-order valence-corrected chi connectivity index (χ0v) is 12.8. The third-order valence-electron chi connectivity index (χ3n) is 3.61. The van der Waals surface area contributed by atoms with Crippen molar-refractivity contribution in [2.75, 3.05) is 7.11 Å². The Morgan fingerprint density at radius 3 is 2.60 bits per heavy atom. The lowest BCUT2D eigenvalue weighted by molar-refractivity contribution is 0.406. The Morgan fingerprint density at radius 1 is 1.35 bits per heavy atom. The lowest BCUT2D eigenvalue weighted by atomic mass is 10.00. The number of nitrogens with zero attached hydrogens (tertiary/aromatic N) is 3. The van der Waals surface area contributed by atoms with Gasteiger partial charge in [0.25, 0.3) is 0 Å². The van der Waals surface area contributed by atoms with E-state index in [1.807, 2.05) is 40.2 Å². The Bertz CT molecular complexity index is 619. The van der Waals surface area contributed by atoms with Gasteiger partial charge in [0.1, 0.15) is 5.75 Å². The largest absolute Gasteiger partial charge is 0.496 e. The van der Waals surface area contributed by atoms with Crippen LogP contribution in [-0.2, 0) is 13.5 Å². The summed E-state index contributed by atoms with van der Waals surface area (Å²) >= 11 is 0. The monoisotopic (exact) mass is 274 g/mol. The van der Waals surface area contributed by atoms with Crippen LogP contribution in [0.2, 0.25) is 0 Å². The van der Waals surface area contributed by atoms with Gasteiger partial charge in [0, 0.05) is 54.3 Å². The summed E-state index contributed by atoms with van der Waals surface area (Å²) in [6.07, 6.45) is 4.49. The Kier molecular flexibility index (Phi) is 4.09. The summed E-state index contributed by atoms with van der Waals surface area (Å²) in [7, 11) is 3.59. The van der Waals surface area contributed by atoms with Crippen LogP contribution >= 0.6 is 0 Å². The van der Waals surface area contributed by atoms with Crippen molar-refractivity contribution in [1.82, 2.24) is 14.8 Å². The van der Waals surface area contributed by atoms with Crippen molar-refractivity contribution in [3.63, 3.8) is 0 Å². The molecule has 0 aromatic carbocycles. The molecule has 2 aromatic rings. The Hall–Kier alpha value is -1.88. The first-order valence-electron chi connectivity index (χ1n) is 6.68. The van der Waals surface area contributed by atoms with E-state index in [0.717, 1.165) is 33.8 Å². The molecule has 0 aliphatic rings. The molecule has 2 N–H and O–H groups in total. The van der Waals surface area contributed by atoms with Gasteiger partial charge in [-0.1, -0.05) is 0 Å². The van der Waals surface area contributed by atoms with E-state index >= 15 is 0 Å². The highest BCUT2D eigenvalue weighted by Gasteiger charge is 2.17. The molecule has 0 saturated carbocycles. The maximum Gasteiger partial charge on any atom is 0.128 e. The van der Waals surface area contributed by atoms with Gasteiger partial charge < -0.3 is 10.5 Å². The van der Waals surface area contributed by atoms with Crippen molar-refractivity contribution in [2.24, 2.45) is 12.8 Å². The molecule has 20 heavy (non-hydrogen) atoms. The van der Waals surface area contributed by atoms with Gasteiger partial charge >= 0.3 is 0 Å². The molecule has 5 heteroatoms. The molecule has 0 amide bonds. The van der Waals surface area contributed by atoms with Crippen LogP contribution in [0.25, 0.3) is 0 Å². The molecule has 0 spiro atoms. The summed E-state index contributed by atoms with van der Waals surface area (Å²) in [5, 5.41) is 4.34. The predicted molar refractivity (Wildman–Crippen MR) is 78.8 cm³/mol. The van der Waals surface area contributed by atoms with E-state index in [2.05, 4.69) is 10.1 Å². The number of aryl methyl sites for hydroxylation is 3. The Balaban J connectivity index is 2.28. The number of pyridine rings is 1. The molecule has 1 atom stereocenters. The van der Waals surface area contributed by atoms with Crippen molar-refractivity contribution >= 4 is 0 Å². The van der Waals surface area contributed by atoms with E-state index in [1.54, 1.807) is 11.8 Å². The van der Waals surface area contributed by atoms with Crippen LogP contribution in [0.5, 0.6) is 5.75 Å².